The van der Waals surface area contributed by atoms with Gasteiger partial charge in [-0.1, -0.05) is 12.1 Å². The molecular weight excluding hydrogens is 358 g/mol. The monoisotopic (exact) mass is 368 g/mol. The first kappa shape index (κ1) is 15.1. The van der Waals surface area contributed by atoms with E-state index < -0.39 is 4.33 Å². The molecule has 0 amide bonds. The van der Waals surface area contributed by atoms with Crippen molar-refractivity contribution in [1.82, 2.24) is 9.55 Å². The van der Waals surface area contributed by atoms with Crippen molar-refractivity contribution in [2.24, 2.45) is 5.92 Å². The number of thiophene rings is 1. The Bertz CT molecular complexity index is 949. The highest BCUT2D eigenvalue weighted by atomic mass is 35.5. The van der Waals surface area contributed by atoms with Gasteiger partial charge in [-0.15, -0.1) is 34.5 Å². The third kappa shape index (κ3) is 2.67. The molecule has 0 saturated heterocycles. The smallest absolute Gasteiger partial charge is 0.262 e. The quantitative estimate of drug-likeness (QED) is 0.639. The average Bonchev–Trinajstić information content (AvgIpc) is 2.94. The number of fused-ring (bicyclic) bond motifs is 1. The molecule has 0 unspecified atom stereocenters. The molecule has 2 aromatic heterocycles. The lowest BCUT2D eigenvalue weighted by Crippen LogP contribution is -2.22. The van der Waals surface area contributed by atoms with Crippen LogP contribution in [0.25, 0.3) is 21.3 Å². The summed E-state index contributed by atoms with van der Waals surface area (Å²) in [5.74, 6) is -0.242. The number of alkyl halides is 2. The van der Waals surface area contributed by atoms with E-state index in [1.54, 1.807) is 16.7 Å². The summed E-state index contributed by atoms with van der Waals surface area (Å²) in [6.07, 6.45) is 2.22. The van der Waals surface area contributed by atoms with Crippen LogP contribution < -0.4 is 5.56 Å². The van der Waals surface area contributed by atoms with E-state index in [1.165, 1.54) is 29.8 Å². The molecule has 4 rings (SSSR count). The fourth-order valence-corrected chi connectivity index (χ4v) is 4.06. The number of benzene rings is 1. The average molecular weight is 369 g/mol. The zero-order valence-corrected chi connectivity index (χ0v) is 14.1. The fourth-order valence-electron chi connectivity index (χ4n) is 2.64. The van der Waals surface area contributed by atoms with Gasteiger partial charge < -0.3 is 0 Å². The summed E-state index contributed by atoms with van der Waals surface area (Å²) in [6, 6.07) is 6.09. The number of hydrogen-bond donors (Lipinski definition) is 0. The van der Waals surface area contributed by atoms with Gasteiger partial charge in [-0.2, -0.15) is 0 Å². The lowest BCUT2D eigenvalue weighted by molar-refractivity contribution is 0.597. The number of nitrogens with zero attached hydrogens (tertiary/aromatic N) is 2. The molecule has 2 heterocycles. The standard InChI is InChI=1S/C16H11Cl2FN2OS/c17-16(18)5-10(16)6-21-8-20-14-13(15(21)22)12(7-23-14)9-1-3-11(19)4-2-9/h1-4,7-8,10H,5-6H2/t10-/m1/s1. The zero-order valence-electron chi connectivity index (χ0n) is 11.8. The zero-order chi connectivity index (χ0) is 16.2. The van der Waals surface area contributed by atoms with E-state index in [1.807, 2.05) is 5.38 Å². The molecule has 3 nitrogen and oxygen atoms in total. The Labute approximate surface area is 145 Å². The van der Waals surface area contributed by atoms with Crippen LogP contribution in [-0.2, 0) is 6.54 Å². The van der Waals surface area contributed by atoms with Crippen LogP contribution >= 0.6 is 34.5 Å². The molecule has 0 aliphatic heterocycles. The van der Waals surface area contributed by atoms with Crippen LogP contribution in [0.15, 0.2) is 40.8 Å². The van der Waals surface area contributed by atoms with Gasteiger partial charge in [0.2, 0.25) is 0 Å². The molecule has 1 aliphatic carbocycles. The van der Waals surface area contributed by atoms with Gasteiger partial charge in [-0.05, 0) is 24.1 Å². The van der Waals surface area contributed by atoms with Crippen LogP contribution in [0.5, 0.6) is 0 Å². The van der Waals surface area contributed by atoms with Gasteiger partial charge in [-0.25, -0.2) is 9.37 Å². The van der Waals surface area contributed by atoms with E-state index in [4.69, 9.17) is 23.2 Å². The van der Waals surface area contributed by atoms with Crippen LogP contribution in [0.4, 0.5) is 4.39 Å². The van der Waals surface area contributed by atoms with Gasteiger partial charge in [-0.3, -0.25) is 9.36 Å². The highest BCUT2D eigenvalue weighted by Crippen LogP contribution is 2.53. The van der Waals surface area contributed by atoms with Crippen molar-refractivity contribution in [1.29, 1.82) is 0 Å². The number of hydrogen-bond acceptors (Lipinski definition) is 3. The third-order valence-corrected chi connectivity index (χ3v) is 5.90. The lowest BCUT2D eigenvalue weighted by atomic mass is 10.1. The molecule has 118 valence electrons. The molecule has 3 aromatic rings. The van der Waals surface area contributed by atoms with Crippen molar-refractivity contribution in [3.8, 4) is 11.1 Å². The first-order valence-electron chi connectivity index (χ1n) is 7.06. The Hall–Kier alpha value is -1.43. The van der Waals surface area contributed by atoms with Crippen LogP contribution in [0.2, 0.25) is 0 Å². The molecule has 1 fully saturated rings. The van der Waals surface area contributed by atoms with Crippen LogP contribution in [0, 0.1) is 11.7 Å². The van der Waals surface area contributed by atoms with E-state index in [0.29, 0.717) is 23.2 Å². The fraction of sp³-hybridized carbons (Fsp3) is 0.250. The van der Waals surface area contributed by atoms with E-state index >= 15 is 0 Å². The maximum absolute atomic E-state index is 13.1. The van der Waals surface area contributed by atoms with Crippen LogP contribution in [0.3, 0.4) is 0 Å². The second-order valence-corrected chi connectivity index (χ2v) is 8.10. The molecule has 7 heteroatoms. The first-order chi connectivity index (χ1) is 11.0. The maximum atomic E-state index is 13.1. The molecule has 1 aliphatic rings. The lowest BCUT2D eigenvalue weighted by Gasteiger charge is -2.06. The Balaban J connectivity index is 1.81. The summed E-state index contributed by atoms with van der Waals surface area (Å²) in [5, 5.41) is 2.43. The minimum Gasteiger partial charge on any atom is -0.298 e. The van der Waals surface area contributed by atoms with Crippen LogP contribution in [0.1, 0.15) is 6.42 Å². The van der Waals surface area contributed by atoms with E-state index in [2.05, 4.69) is 4.98 Å². The predicted molar refractivity (Wildman–Crippen MR) is 91.8 cm³/mol. The van der Waals surface area contributed by atoms with Gasteiger partial charge in [0.05, 0.1) is 11.7 Å². The van der Waals surface area contributed by atoms with E-state index in [-0.39, 0.29) is 17.3 Å². The van der Waals surface area contributed by atoms with Gasteiger partial charge >= 0.3 is 0 Å². The maximum Gasteiger partial charge on any atom is 0.262 e. The molecule has 1 saturated carbocycles. The number of rotatable bonds is 3. The summed E-state index contributed by atoms with van der Waals surface area (Å²) in [7, 11) is 0. The Morgan fingerprint density at radius 3 is 2.70 bits per heavy atom. The molecule has 1 aromatic carbocycles. The highest BCUT2D eigenvalue weighted by Gasteiger charge is 2.51. The summed E-state index contributed by atoms with van der Waals surface area (Å²) < 4.78 is 13.9. The van der Waals surface area contributed by atoms with Crippen molar-refractivity contribution in [3.05, 3.63) is 52.1 Å². The molecule has 0 bridgehead atoms. The van der Waals surface area contributed by atoms with Gasteiger partial charge in [0.15, 0.2) is 0 Å². The second-order valence-electron chi connectivity index (χ2n) is 5.70. The SMILES string of the molecule is O=c1c2c(-c3ccc(F)cc3)csc2ncn1C[C@H]1CC1(Cl)Cl. The summed E-state index contributed by atoms with van der Waals surface area (Å²) in [5.41, 5.74) is 1.45. The normalized spacial score (nSPS) is 19.2. The Kier molecular flexibility index (Phi) is 3.48. The van der Waals surface area contributed by atoms with E-state index in [9.17, 15) is 9.18 Å². The van der Waals surface area contributed by atoms with Crippen LogP contribution in [-0.4, -0.2) is 13.9 Å². The Morgan fingerprint density at radius 2 is 2.04 bits per heavy atom. The molecule has 0 N–H and O–H groups in total. The molecule has 0 spiro atoms. The Morgan fingerprint density at radius 1 is 1.35 bits per heavy atom. The minimum atomic E-state index is -0.733. The first-order valence-corrected chi connectivity index (χ1v) is 8.70. The second kappa shape index (κ2) is 5.30. The van der Waals surface area contributed by atoms with Crippen molar-refractivity contribution in [3.63, 3.8) is 0 Å². The van der Waals surface area contributed by atoms with Crippen molar-refractivity contribution < 1.29 is 4.39 Å². The minimum absolute atomic E-state index is 0.0655. The van der Waals surface area contributed by atoms with Crippen molar-refractivity contribution >= 4 is 44.8 Å². The number of halogens is 3. The largest absolute Gasteiger partial charge is 0.298 e. The summed E-state index contributed by atoms with van der Waals surface area (Å²) in [4.78, 5) is 17.8. The topological polar surface area (TPSA) is 34.9 Å². The van der Waals surface area contributed by atoms with Gasteiger partial charge in [0, 0.05) is 23.4 Å². The van der Waals surface area contributed by atoms with Gasteiger partial charge in [0.1, 0.15) is 15.0 Å². The van der Waals surface area contributed by atoms with Crippen molar-refractivity contribution in [2.75, 3.05) is 0 Å². The van der Waals surface area contributed by atoms with Gasteiger partial charge in [0.25, 0.3) is 5.56 Å². The number of aromatic nitrogens is 2. The summed E-state index contributed by atoms with van der Waals surface area (Å²) in [6.45, 7) is 0.452. The van der Waals surface area contributed by atoms with E-state index in [0.717, 1.165) is 11.1 Å². The summed E-state index contributed by atoms with van der Waals surface area (Å²) >= 11 is 13.5. The molecular formula is C16H11Cl2FN2OS. The molecule has 23 heavy (non-hydrogen) atoms. The predicted octanol–water partition coefficient (Wildman–Crippen LogP) is 4.46. The van der Waals surface area contributed by atoms with Crippen molar-refractivity contribution in [2.45, 2.75) is 17.3 Å². The third-order valence-electron chi connectivity index (χ3n) is 4.09. The molecule has 1 atom stereocenters. The molecule has 0 radical (unpaired) electrons. The highest BCUT2D eigenvalue weighted by molar-refractivity contribution is 7.17.